The average Bonchev–Trinajstić information content (AvgIpc) is 2.85. The maximum Gasteiger partial charge on any atom is 0.337 e. The second kappa shape index (κ2) is 4.79. The summed E-state index contributed by atoms with van der Waals surface area (Å²) in [5.74, 6) is 0.0969. The Morgan fingerprint density at radius 3 is 3.00 bits per heavy atom. The van der Waals surface area contributed by atoms with E-state index >= 15 is 0 Å². The van der Waals surface area contributed by atoms with Gasteiger partial charge in [0.05, 0.1) is 29.8 Å². The van der Waals surface area contributed by atoms with Crippen molar-refractivity contribution < 1.29 is 14.3 Å². The fourth-order valence-corrected chi connectivity index (χ4v) is 1.56. The van der Waals surface area contributed by atoms with Crippen molar-refractivity contribution in [2.45, 2.75) is 13.0 Å². The van der Waals surface area contributed by atoms with Gasteiger partial charge in [-0.25, -0.2) is 9.78 Å². The van der Waals surface area contributed by atoms with Crippen molar-refractivity contribution in [3.05, 3.63) is 42.0 Å². The van der Waals surface area contributed by atoms with Crippen molar-refractivity contribution in [1.29, 1.82) is 0 Å². The van der Waals surface area contributed by atoms with E-state index in [1.807, 2.05) is 13.0 Å². The molecule has 0 spiro atoms. The number of pyridine rings is 1. The van der Waals surface area contributed by atoms with Crippen molar-refractivity contribution >= 4 is 17.5 Å². The van der Waals surface area contributed by atoms with Crippen LogP contribution in [0.5, 0.6) is 0 Å². The lowest BCUT2D eigenvalue weighted by molar-refractivity contribution is 0.0698. The topological polar surface area (TPSA) is 101 Å². The van der Waals surface area contributed by atoms with Crippen molar-refractivity contribution in [1.82, 2.24) is 4.98 Å². The van der Waals surface area contributed by atoms with Crippen molar-refractivity contribution in [2.24, 2.45) is 0 Å². The van der Waals surface area contributed by atoms with Crippen LogP contribution in [0, 0.1) is 0 Å². The molecule has 0 aromatic carbocycles. The molecule has 0 aliphatic carbocycles. The van der Waals surface area contributed by atoms with Crippen LogP contribution in [0.4, 0.5) is 11.5 Å². The first-order valence-corrected chi connectivity index (χ1v) is 5.36. The maximum atomic E-state index is 10.9. The van der Waals surface area contributed by atoms with Crippen LogP contribution < -0.4 is 11.1 Å². The SMILES string of the molecule is CC(Nc1cc(C(=O)O)c(N)cn1)c1ccco1. The summed E-state index contributed by atoms with van der Waals surface area (Å²) < 4.78 is 5.24. The van der Waals surface area contributed by atoms with Gasteiger partial charge in [0.25, 0.3) is 0 Å². The molecule has 2 heterocycles. The Labute approximate surface area is 103 Å². The van der Waals surface area contributed by atoms with Crippen LogP contribution in [-0.4, -0.2) is 16.1 Å². The van der Waals surface area contributed by atoms with Gasteiger partial charge in [-0.1, -0.05) is 0 Å². The van der Waals surface area contributed by atoms with Crippen LogP contribution in [0.2, 0.25) is 0 Å². The molecule has 0 saturated heterocycles. The third-order valence-corrected chi connectivity index (χ3v) is 2.50. The first-order valence-electron chi connectivity index (χ1n) is 5.36. The zero-order chi connectivity index (χ0) is 13.1. The summed E-state index contributed by atoms with van der Waals surface area (Å²) in [5.41, 5.74) is 5.69. The fourth-order valence-electron chi connectivity index (χ4n) is 1.56. The zero-order valence-corrected chi connectivity index (χ0v) is 9.75. The molecular weight excluding hydrogens is 234 g/mol. The maximum absolute atomic E-state index is 10.9. The Morgan fingerprint density at radius 2 is 2.39 bits per heavy atom. The van der Waals surface area contributed by atoms with Crippen molar-refractivity contribution in [3.63, 3.8) is 0 Å². The molecule has 2 aromatic heterocycles. The number of carboxylic acids is 1. The number of hydrogen-bond donors (Lipinski definition) is 3. The number of carboxylic acid groups (broad SMARTS) is 1. The van der Waals surface area contributed by atoms with Gasteiger partial charge < -0.3 is 20.6 Å². The number of anilines is 2. The summed E-state index contributed by atoms with van der Waals surface area (Å²) >= 11 is 0. The predicted molar refractivity (Wildman–Crippen MR) is 66.4 cm³/mol. The van der Waals surface area contributed by atoms with E-state index < -0.39 is 5.97 Å². The number of nitrogen functional groups attached to an aromatic ring is 1. The number of rotatable bonds is 4. The van der Waals surface area contributed by atoms with E-state index in [9.17, 15) is 4.79 Å². The van der Waals surface area contributed by atoms with Gasteiger partial charge in [0.15, 0.2) is 0 Å². The summed E-state index contributed by atoms with van der Waals surface area (Å²) in [6.07, 6.45) is 2.90. The smallest absolute Gasteiger partial charge is 0.337 e. The van der Waals surface area contributed by atoms with Crippen LogP contribution in [-0.2, 0) is 0 Å². The summed E-state index contributed by atoms with van der Waals surface area (Å²) in [5, 5.41) is 12.0. The molecule has 0 amide bonds. The monoisotopic (exact) mass is 247 g/mol. The van der Waals surface area contributed by atoms with E-state index in [2.05, 4.69) is 10.3 Å². The van der Waals surface area contributed by atoms with E-state index in [-0.39, 0.29) is 17.3 Å². The number of nitrogens with zero attached hydrogens (tertiary/aromatic N) is 1. The summed E-state index contributed by atoms with van der Waals surface area (Å²) in [6, 6.07) is 4.90. The Morgan fingerprint density at radius 1 is 1.61 bits per heavy atom. The van der Waals surface area contributed by atoms with Gasteiger partial charge in [0, 0.05) is 0 Å². The molecule has 0 bridgehead atoms. The highest BCUT2D eigenvalue weighted by atomic mass is 16.4. The molecule has 0 aliphatic heterocycles. The standard InChI is InChI=1S/C12H13N3O3/c1-7(10-3-2-4-18-10)15-11-5-8(12(16)17)9(13)6-14-11/h2-7H,13H2,1H3,(H,14,15)(H,16,17). The zero-order valence-electron chi connectivity index (χ0n) is 9.75. The minimum atomic E-state index is -1.08. The molecule has 0 aliphatic rings. The molecule has 4 N–H and O–H groups in total. The number of carbonyl (C=O) groups is 1. The molecule has 2 aromatic rings. The normalized spacial score (nSPS) is 12.1. The number of furan rings is 1. The third kappa shape index (κ3) is 2.42. The van der Waals surface area contributed by atoms with Crippen LogP contribution in [0.1, 0.15) is 29.1 Å². The summed E-state index contributed by atoms with van der Waals surface area (Å²) in [4.78, 5) is 15.0. The van der Waals surface area contributed by atoms with Crippen LogP contribution in [0.15, 0.2) is 35.1 Å². The second-order valence-corrected chi connectivity index (χ2v) is 3.84. The molecule has 1 unspecified atom stereocenters. The van der Waals surface area contributed by atoms with Gasteiger partial charge in [-0.3, -0.25) is 0 Å². The lowest BCUT2D eigenvalue weighted by atomic mass is 10.2. The van der Waals surface area contributed by atoms with Crippen LogP contribution in [0.25, 0.3) is 0 Å². The third-order valence-electron chi connectivity index (χ3n) is 2.50. The van der Waals surface area contributed by atoms with Gasteiger partial charge in [-0.05, 0) is 25.1 Å². The lowest BCUT2D eigenvalue weighted by Gasteiger charge is -2.12. The molecule has 1 atom stereocenters. The van der Waals surface area contributed by atoms with Gasteiger partial charge >= 0.3 is 5.97 Å². The second-order valence-electron chi connectivity index (χ2n) is 3.84. The summed E-state index contributed by atoms with van der Waals surface area (Å²) in [7, 11) is 0. The largest absolute Gasteiger partial charge is 0.478 e. The minimum Gasteiger partial charge on any atom is -0.478 e. The van der Waals surface area contributed by atoms with Gasteiger partial charge in [0.1, 0.15) is 11.6 Å². The minimum absolute atomic E-state index is 0.0270. The number of nitrogens with two attached hydrogens (primary N) is 1. The number of aromatic nitrogens is 1. The average molecular weight is 247 g/mol. The molecule has 0 radical (unpaired) electrons. The van der Waals surface area contributed by atoms with Gasteiger partial charge in [-0.2, -0.15) is 0 Å². The molecule has 6 nitrogen and oxygen atoms in total. The predicted octanol–water partition coefficient (Wildman–Crippen LogP) is 2.13. The van der Waals surface area contributed by atoms with Crippen molar-refractivity contribution in [2.75, 3.05) is 11.1 Å². The fraction of sp³-hybridized carbons (Fsp3) is 0.167. The molecule has 0 fully saturated rings. The van der Waals surface area contributed by atoms with E-state index in [4.69, 9.17) is 15.3 Å². The Balaban J connectivity index is 2.20. The first kappa shape index (κ1) is 12.0. The van der Waals surface area contributed by atoms with E-state index in [0.717, 1.165) is 5.76 Å². The first-order chi connectivity index (χ1) is 8.58. The van der Waals surface area contributed by atoms with E-state index in [1.54, 1.807) is 12.3 Å². The molecule has 6 heteroatoms. The van der Waals surface area contributed by atoms with Crippen molar-refractivity contribution in [3.8, 4) is 0 Å². The molecular formula is C12H13N3O3. The highest BCUT2D eigenvalue weighted by Gasteiger charge is 2.12. The Kier molecular flexibility index (Phi) is 3.18. The lowest BCUT2D eigenvalue weighted by Crippen LogP contribution is -2.10. The number of aromatic carboxylic acids is 1. The number of hydrogen-bond acceptors (Lipinski definition) is 5. The quantitative estimate of drug-likeness (QED) is 0.765. The molecule has 94 valence electrons. The Bertz CT molecular complexity index is 552. The highest BCUT2D eigenvalue weighted by Crippen LogP contribution is 2.20. The van der Waals surface area contributed by atoms with E-state index in [1.165, 1.54) is 12.3 Å². The molecule has 0 saturated carbocycles. The van der Waals surface area contributed by atoms with Crippen LogP contribution >= 0.6 is 0 Å². The van der Waals surface area contributed by atoms with Crippen LogP contribution in [0.3, 0.4) is 0 Å². The Hall–Kier alpha value is -2.50. The van der Waals surface area contributed by atoms with Gasteiger partial charge in [-0.15, -0.1) is 0 Å². The molecule has 18 heavy (non-hydrogen) atoms. The van der Waals surface area contributed by atoms with E-state index in [0.29, 0.717) is 5.82 Å². The molecule has 2 rings (SSSR count). The highest BCUT2D eigenvalue weighted by molar-refractivity contribution is 5.94. The summed E-state index contributed by atoms with van der Waals surface area (Å²) in [6.45, 7) is 1.89. The van der Waals surface area contributed by atoms with Gasteiger partial charge in [0.2, 0.25) is 0 Å². The number of nitrogens with one attached hydrogen (secondary N) is 1.